The molecule has 1 aromatic carbocycles. The maximum Gasteiger partial charge on any atom is 0.128 e. The topological polar surface area (TPSA) is 55.8 Å². The summed E-state index contributed by atoms with van der Waals surface area (Å²) in [5.41, 5.74) is 0.288. The van der Waals surface area contributed by atoms with Gasteiger partial charge in [-0.2, -0.15) is 5.06 Å². The number of rotatable bonds is 5. The highest BCUT2D eigenvalue weighted by Gasteiger charge is 2.33. The van der Waals surface area contributed by atoms with E-state index >= 15 is 0 Å². The lowest BCUT2D eigenvalue weighted by Crippen LogP contribution is -2.44. The minimum Gasteiger partial charge on any atom is -0.748 e. The normalized spacial score (nSPS) is 22.7. The Morgan fingerprint density at radius 3 is 2.90 bits per heavy atom. The van der Waals surface area contributed by atoms with Crippen LogP contribution in [0.1, 0.15) is 31.4 Å². The lowest BCUT2D eigenvalue weighted by Gasteiger charge is -2.35. The second-order valence-electron chi connectivity index (χ2n) is 5.02. The molecule has 5 nitrogen and oxygen atoms in total. The predicted octanol–water partition coefficient (Wildman–Crippen LogP) is 2.11. The van der Waals surface area contributed by atoms with Crippen molar-refractivity contribution in [3.05, 3.63) is 35.4 Å². The van der Waals surface area contributed by atoms with Gasteiger partial charge in [-0.05, 0) is 38.0 Å². The first-order valence-corrected chi connectivity index (χ1v) is 7.61. The Morgan fingerprint density at radius 1 is 1.52 bits per heavy atom. The molecular formula is C13H17F2N2O3S-. The third kappa shape index (κ3) is 3.83. The number of benzene rings is 1. The van der Waals surface area contributed by atoms with E-state index in [1.54, 1.807) is 6.92 Å². The van der Waals surface area contributed by atoms with Gasteiger partial charge in [-0.15, -0.1) is 0 Å². The summed E-state index contributed by atoms with van der Waals surface area (Å²) in [5.74, 6) is -0.951. The van der Waals surface area contributed by atoms with Crippen LogP contribution in [0, 0.1) is 11.6 Å². The molecule has 1 heterocycles. The van der Waals surface area contributed by atoms with Crippen molar-refractivity contribution in [2.75, 3.05) is 13.6 Å². The van der Waals surface area contributed by atoms with Crippen molar-refractivity contribution in [1.29, 1.82) is 0 Å². The number of hydroxylamine groups is 2. The second kappa shape index (κ2) is 6.89. The first-order chi connectivity index (χ1) is 9.90. The Labute approximate surface area is 124 Å². The first kappa shape index (κ1) is 16.4. The average molecular weight is 319 g/mol. The van der Waals surface area contributed by atoms with E-state index in [0.717, 1.165) is 18.6 Å². The van der Waals surface area contributed by atoms with Crippen LogP contribution in [0.5, 0.6) is 0 Å². The zero-order valence-corrected chi connectivity index (χ0v) is 12.6. The summed E-state index contributed by atoms with van der Waals surface area (Å²) in [6.07, 6.45) is 1.11. The van der Waals surface area contributed by atoms with Gasteiger partial charge in [0.25, 0.3) is 0 Å². The van der Waals surface area contributed by atoms with Gasteiger partial charge < -0.3 is 4.55 Å². The van der Waals surface area contributed by atoms with Crippen molar-refractivity contribution in [3.63, 3.8) is 0 Å². The van der Waals surface area contributed by atoms with Gasteiger partial charge in [-0.1, -0.05) is 0 Å². The van der Waals surface area contributed by atoms with Gasteiger partial charge in [0.2, 0.25) is 0 Å². The van der Waals surface area contributed by atoms with Gasteiger partial charge in [0.1, 0.15) is 23.0 Å². The fourth-order valence-electron chi connectivity index (χ4n) is 2.71. The number of nitrogens with zero attached hydrogens (tertiary/aromatic N) is 2. The molecule has 1 aromatic rings. The summed E-state index contributed by atoms with van der Waals surface area (Å²) < 4.78 is 53.1. The van der Waals surface area contributed by atoms with Gasteiger partial charge in [0, 0.05) is 25.2 Å². The van der Waals surface area contributed by atoms with Crippen molar-refractivity contribution < 1.29 is 21.8 Å². The van der Waals surface area contributed by atoms with Crippen molar-refractivity contribution in [3.8, 4) is 0 Å². The number of hydrogen-bond donors (Lipinski definition) is 0. The molecule has 2 unspecified atom stereocenters. The van der Waals surface area contributed by atoms with E-state index in [0.29, 0.717) is 13.0 Å². The van der Waals surface area contributed by atoms with E-state index < -0.39 is 29.2 Å². The minimum absolute atomic E-state index is 0.288. The predicted molar refractivity (Wildman–Crippen MR) is 72.3 cm³/mol. The van der Waals surface area contributed by atoms with E-state index in [-0.39, 0.29) is 11.6 Å². The molecule has 0 bridgehead atoms. The molecule has 3 atom stereocenters. The Hall–Kier alpha value is -0.930. The van der Waals surface area contributed by atoms with E-state index in [9.17, 15) is 17.5 Å². The molecule has 1 saturated heterocycles. The summed E-state index contributed by atoms with van der Waals surface area (Å²) in [5, 5.41) is 1.18. The van der Waals surface area contributed by atoms with Crippen LogP contribution in [-0.2, 0) is 15.6 Å². The van der Waals surface area contributed by atoms with Crippen LogP contribution in [0.25, 0.3) is 0 Å². The van der Waals surface area contributed by atoms with Crippen LogP contribution >= 0.6 is 0 Å². The highest BCUT2D eigenvalue weighted by atomic mass is 32.2. The summed E-state index contributed by atoms with van der Waals surface area (Å²) in [6, 6.07) is 3.08. The fraction of sp³-hybridized carbons (Fsp3) is 0.538. The smallest absolute Gasteiger partial charge is 0.128 e. The fourth-order valence-corrected chi connectivity index (χ4v) is 3.02. The summed E-state index contributed by atoms with van der Waals surface area (Å²) in [4.78, 5) is 1.89. The van der Waals surface area contributed by atoms with Gasteiger partial charge >= 0.3 is 0 Å². The Bertz CT molecular complexity index is 532. The lowest BCUT2D eigenvalue weighted by atomic mass is 10.0. The molecule has 0 saturated carbocycles. The molecule has 0 spiro atoms. The molecule has 1 fully saturated rings. The molecule has 8 heteroatoms. The standard InChI is InChI=1S/C13H18F2N2O3S/c1-9(16(2)20-21(18)19)17-7-3-4-13(17)11-8-10(14)5-6-12(11)15/h5-6,8-9,13H,3-4,7H2,1-2H3,(H,18,19)/p-1/t9?,13-/m1/s1. The Balaban J connectivity index is 2.20. The number of halogens is 2. The van der Waals surface area contributed by atoms with E-state index in [4.69, 9.17) is 0 Å². The van der Waals surface area contributed by atoms with Crippen molar-refractivity contribution in [2.45, 2.75) is 32.0 Å². The highest BCUT2D eigenvalue weighted by Crippen LogP contribution is 2.35. The summed E-state index contributed by atoms with van der Waals surface area (Å²) in [6.45, 7) is 2.41. The monoisotopic (exact) mass is 319 g/mol. The maximum absolute atomic E-state index is 13.9. The lowest BCUT2D eigenvalue weighted by molar-refractivity contribution is -0.118. The molecule has 2 rings (SSSR count). The molecule has 0 aliphatic carbocycles. The van der Waals surface area contributed by atoms with Crippen LogP contribution in [0.4, 0.5) is 8.78 Å². The molecule has 1 aliphatic heterocycles. The Morgan fingerprint density at radius 2 is 2.24 bits per heavy atom. The summed E-state index contributed by atoms with van der Waals surface area (Å²) in [7, 11) is 1.48. The molecule has 0 amide bonds. The van der Waals surface area contributed by atoms with E-state index in [2.05, 4.69) is 4.28 Å². The molecule has 0 radical (unpaired) electrons. The Kier molecular flexibility index (Phi) is 5.39. The van der Waals surface area contributed by atoms with Crippen LogP contribution in [-0.4, -0.2) is 38.5 Å². The number of likely N-dealkylation sites (tertiary alicyclic amines) is 1. The van der Waals surface area contributed by atoms with Crippen molar-refractivity contribution >= 4 is 11.4 Å². The highest BCUT2D eigenvalue weighted by molar-refractivity contribution is 7.74. The van der Waals surface area contributed by atoms with E-state index in [1.165, 1.54) is 18.2 Å². The zero-order valence-electron chi connectivity index (χ0n) is 11.8. The summed E-state index contributed by atoms with van der Waals surface area (Å²) >= 11 is -2.66. The molecular weight excluding hydrogens is 302 g/mol. The largest absolute Gasteiger partial charge is 0.748 e. The molecule has 118 valence electrons. The van der Waals surface area contributed by atoms with Gasteiger partial charge in [-0.3, -0.25) is 4.90 Å². The quantitative estimate of drug-likeness (QED) is 0.614. The van der Waals surface area contributed by atoms with Gasteiger partial charge in [-0.25, -0.2) is 17.3 Å². The van der Waals surface area contributed by atoms with Crippen LogP contribution in [0.2, 0.25) is 0 Å². The second-order valence-corrected chi connectivity index (χ2v) is 5.58. The van der Waals surface area contributed by atoms with Crippen molar-refractivity contribution in [1.82, 2.24) is 9.96 Å². The third-order valence-corrected chi connectivity index (χ3v) is 4.15. The molecule has 1 aliphatic rings. The van der Waals surface area contributed by atoms with Gasteiger partial charge in [0.05, 0.1) is 6.17 Å². The van der Waals surface area contributed by atoms with Crippen LogP contribution in [0.15, 0.2) is 18.2 Å². The van der Waals surface area contributed by atoms with Crippen LogP contribution in [0.3, 0.4) is 0 Å². The van der Waals surface area contributed by atoms with E-state index in [1.807, 2.05) is 4.90 Å². The minimum atomic E-state index is -2.66. The SMILES string of the molecule is CC(N(C)OS(=O)[O-])N1CCC[C@@H]1c1cc(F)ccc1F. The van der Waals surface area contributed by atoms with Crippen LogP contribution < -0.4 is 0 Å². The third-order valence-electron chi connectivity index (χ3n) is 3.80. The average Bonchev–Trinajstić information content (AvgIpc) is 2.88. The molecule has 0 N–H and O–H groups in total. The van der Waals surface area contributed by atoms with Crippen molar-refractivity contribution in [2.24, 2.45) is 0 Å². The number of hydrogen-bond acceptors (Lipinski definition) is 5. The maximum atomic E-state index is 13.9. The first-order valence-electron chi connectivity index (χ1n) is 6.61. The zero-order chi connectivity index (χ0) is 15.6. The molecule has 0 aromatic heterocycles. The van der Waals surface area contributed by atoms with Gasteiger partial charge in [0.15, 0.2) is 0 Å². The molecule has 21 heavy (non-hydrogen) atoms.